The second kappa shape index (κ2) is 5.68. The van der Waals surface area contributed by atoms with Crippen molar-refractivity contribution in [3.63, 3.8) is 0 Å². The number of hydrogen-bond acceptors (Lipinski definition) is 2. The van der Waals surface area contributed by atoms with Gasteiger partial charge < -0.3 is 4.90 Å². The molecule has 1 heterocycles. The first kappa shape index (κ1) is 12.7. The van der Waals surface area contributed by atoms with E-state index in [1.807, 2.05) is 20.2 Å². The molecule has 1 rings (SSSR count). The molecule has 0 radical (unpaired) electrons. The minimum Gasteiger partial charge on any atom is -0.340 e. The molecule has 0 bridgehead atoms. The molecule has 0 saturated carbocycles. The standard InChI is InChI=1S/C12H21N3O/c1-5-10(6-2)12(16)14(3)9-11-7-8-13-15(11)4/h7-8,10H,5-6,9H2,1-4H3. The largest absolute Gasteiger partial charge is 0.340 e. The van der Waals surface area contributed by atoms with Crippen molar-refractivity contribution in [1.82, 2.24) is 14.7 Å². The highest BCUT2D eigenvalue weighted by molar-refractivity contribution is 5.78. The van der Waals surface area contributed by atoms with Crippen LogP contribution in [0.15, 0.2) is 12.3 Å². The number of rotatable bonds is 5. The molecule has 0 saturated heterocycles. The second-order valence-corrected chi connectivity index (χ2v) is 4.15. The minimum atomic E-state index is 0.151. The van der Waals surface area contributed by atoms with Gasteiger partial charge in [0.05, 0.1) is 12.2 Å². The van der Waals surface area contributed by atoms with Gasteiger partial charge in [-0.05, 0) is 18.9 Å². The number of aryl methyl sites for hydroxylation is 1. The minimum absolute atomic E-state index is 0.151. The zero-order valence-electron chi connectivity index (χ0n) is 10.6. The van der Waals surface area contributed by atoms with E-state index >= 15 is 0 Å². The molecule has 1 aromatic rings. The summed E-state index contributed by atoms with van der Waals surface area (Å²) >= 11 is 0. The highest BCUT2D eigenvalue weighted by atomic mass is 16.2. The van der Waals surface area contributed by atoms with Gasteiger partial charge in [-0.25, -0.2) is 0 Å². The van der Waals surface area contributed by atoms with Crippen LogP contribution in [0.2, 0.25) is 0 Å². The summed E-state index contributed by atoms with van der Waals surface area (Å²) in [6.45, 7) is 4.75. The molecule has 4 nitrogen and oxygen atoms in total. The van der Waals surface area contributed by atoms with Gasteiger partial charge in [0.2, 0.25) is 5.91 Å². The Bertz CT molecular complexity index is 342. The van der Waals surface area contributed by atoms with Crippen LogP contribution < -0.4 is 0 Å². The Balaban J connectivity index is 2.62. The van der Waals surface area contributed by atoms with Crippen molar-refractivity contribution < 1.29 is 4.79 Å². The first-order chi connectivity index (χ1) is 7.60. The Morgan fingerprint density at radius 1 is 1.50 bits per heavy atom. The fourth-order valence-electron chi connectivity index (χ4n) is 1.83. The van der Waals surface area contributed by atoms with E-state index in [0.717, 1.165) is 18.5 Å². The number of hydrogen-bond donors (Lipinski definition) is 0. The molecule has 1 amide bonds. The van der Waals surface area contributed by atoms with Crippen LogP contribution in [0.1, 0.15) is 32.4 Å². The van der Waals surface area contributed by atoms with E-state index in [1.54, 1.807) is 15.8 Å². The molecule has 0 spiro atoms. The summed E-state index contributed by atoms with van der Waals surface area (Å²) in [5.41, 5.74) is 1.06. The molecule has 0 aliphatic rings. The lowest BCUT2D eigenvalue weighted by atomic mass is 10.0. The van der Waals surface area contributed by atoms with E-state index < -0.39 is 0 Å². The Morgan fingerprint density at radius 3 is 2.56 bits per heavy atom. The Kier molecular flexibility index (Phi) is 4.52. The average Bonchev–Trinajstić information content (AvgIpc) is 2.66. The van der Waals surface area contributed by atoms with Crippen molar-refractivity contribution in [2.75, 3.05) is 7.05 Å². The topological polar surface area (TPSA) is 38.1 Å². The molecular formula is C12H21N3O. The van der Waals surface area contributed by atoms with Crippen LogP contribution >= 0.6 is 0 Å². The summed E-state index contributed by atoms with van der Waals surface area (Å²) < 4.78 is 1.80. The van der Waals surface area contributed by atoms with E-state index in [9.17, 15) is 4.79 Å². The van der Waals surface area contributed by atoms with Crippen LogP contribution in [0.5, 0.6) is 0 Å². The maximum Gasteiger partial charge on any atom is 0.225 e. The number of aromatic nitrogens is 2. The van der Waals surface area contributed by atoms with Crippen LogP contribution in [-0.4, -0.2) is 27.6 Å². The zero-order chi connectivity index (χ0) is 12.1. The monoisotopic (exact) mass is 223 g/mol. The van der Waals surface area contributed by atoms with Gasteiger partial charge >= 0.3 is 0 Å². The second-order valence-electron chi connectivity index (χ2n) is 4.15. The Labute approximate surface area is 97.2 Å². The highest BCUT2D eigenvalue weighted by Crippen LogP contribution is 2.12. The lowest BCUT2D eigenvalue weighted by molar-refractivity contribution is -0.135. The number of amides is 1. The van der Waals surface area contributed by atoms with Gasteiger partial charge in [0, 0.05) is 26.2 Å². The highest BCUT2D eigenvalue weighted by Gasteiger charge is 2.19. The third kappa shape index (κ3) is 2.84. The van der Waals surface area contributed by atoms with E-state index in [-0.39, 0.29) is 11.8 Å². The average molecular weight is 223 g/mol. The molecule has 0 fully saturated rings. The van der Waals surface area contributed by atoms with Gasteiger partial charge in [0.1, 0.15) is 0 Å². The zero-order valence-corrected chi connectivity index (χ0v) is 10.6. The van der Waals surface area contributed by atoms with Crippen molar-refractivity contribution >= 4 is 5.91 Å². The van der Waals surface area contributed by atoms with E-state index in [4.69, 9.17) is 0 Å². The molecular weight excluding hydrogens is 202 g/mol. The van der Waals surface area contributed by atoms with Gasteiger partial charge in [0.15, 0.2) is 0 Å². The van der Waals surface area contributed by atoms with Crippen molar-refractivity contribution in [1.29, 1.82) is 0 Å². The van der Waals surface area contributed by atoms with Gasteiger partial charge in [-0.15, -0.1) is 0 Å². The summed E-state index contributed by atoms with van der Waals surface area (Å²) in [5.74, 6) is 0.379. The molecule has 0 N–H and O–H groups in total. The van der Waals surface area contributed by atoms with Crippen molar-refractivity contribution in [2.45, 2.75) is 33.2 Å². The maximum absolute atomic E-state index is 12.0. The van der Waals surface area contributed by atoms with Gasteiger partial charge in [-0.2, -0.15) is 5.10 Å². The van der Waals surface area contributed by atoms with Gasteiger partial charge in [-0.3, -0.25) is 9.48 Å². The number of nitrogens with zero attached hydrogens (tertiary/aromatic N) is 3. The number of carbonyl (C=O) groups is 1. The maximum atomic E-state index is 12.0. The van der Waals surface area contributed by atoms with E-state index in [1.165, 1.54) is 0 Å². The summed E-state index contributed by atoms with van der Waals surface area (Å²) in [4.78, 5) is 13.8. The molecule has 0 atom stereocenters. The van der Waals surface area contributed by atoms with Crippen LogP contribution in [0.25, 0.3) is 0 Å². The Morgan fingerprint density at radius 2 is 2.12 bits per heavy atom. The lowest BCUT2D eigenvalue weighted by Gasteiger charge is -2.22. The molecule has 0 aliphatic heterocycles. The summed E-state index contributed by atoms with van der Waals surface area (Å²) in [6.07, 6.45) is 3.57. The Hall–Kier alpha value is -1.32. The van der Waals surface area contributed by atoms with Crippen molar-refractivity contribution in [3.8, 4) is 0 Å². The van der Waals surface area contributed by atoms with E-state index in [2.05, 4.69) is 18.9 Å². The van der Waals surface area contributed by atoms with Crippen LogP contribution in [-0.2, 0) is 18.4 Å². The fourth-order valence-corrected chi connectivity index (χ4v) is 1.83. The molecule has 90 valence electrons. The molecule has 0 aliphatic carbocycles. The van der Waals surface area contributed by atoms with Crippen LogP contribution in [0, 0.1) is 5.92 Å². The summed E-state index contributed by atoms with van der Waals surface area (Å²) in [6, 6.07) is 1.94. The van der Waals surface area contributed by atoms with Crippen LogP contribution in [0.3, 0.4) is 0 Å². The van der Waals surface area contributed by atoms with Crippen molar-refractivity contribution in [2.24, 2.45) is 13.0 Å². The third-order valence-corrected chi connectivity index (χ3v) is 3.03. The summed E-state index contributed by atoms with van der Waals surface area (Å²) in [7, 11) is 3.75. The van der Waals surface area contributed by atoms with Crippen molar-refractivity contribution in [3.05, 3.63) is 18.0 Å². The van der Waals surface area contributed by atoms with Gasteiger partial charge in [-0.1, -0.05) is 13.8 Å². The predicted octanol–water partition coefficient (Wildman–Crippen LogP) is 1.81. The molecule has 4 heteroatoms. The predicted molar refractivity (Wildman–Crippen MR) is 63.8 cm³/mol. The van der Waals surface area contributed by atoms with Gasteiger partial charge in [0.25, 0.3) is 0 Å². The third-order valence-electron chi connectivity index (χ3n) is 3.03. The smallest absolute Gasteiger partial charge is 0.225 e. The fraction of sp³-hybridized carbons (Fsp3) is 0.667. The van der Waals surface area contributed by atoms with E-state index in [0.29, 0.717) is 6.54 Å². The van der Waals surface area contributed by atoms with Crippen LogP contribution in [0.4, 0.5) is 0 Å². The molecule has 0 aromatic carbocycles. The first-order valence-electron chi connectivity index (χ1n) is 5.82. The normalized spacial score (nSPS) is 10.8. The molecule has 1 aromatic heterocycles. The summed E-state index contributed by atoms with van der Waals surface area (Å²) in [5, 5.41) is 4.09. The first-order valence-corrected chi connectivity index (χ1v) is 5.82. The molecule has 0 unspecified atom stereocenters. The quantitative estimate of drug-likeness (QED) is 0.763. The SMILES string of the molecule is CCC(CC)C(=O)N(C)Cc1ccnn1C. The molecule has 16 heavy (non-hydrogen) atoms. The lowest BCUT2D eigenvalue weighted by Crippen LogP contribution is -2.32. The number of carbonyl (C=O) groups excluding carboxylic acids is 1.